The van der Waals surface area contributed by atoms with Crippen LogP contribution in [0.1, 0.15) is 34.6 Å². The molecule has 4 aromatic rings. The zero-order chi connectivity index (χ0) is 21.8. The van der Waals surface area contributed by atoms with Crippen LogP contribution in [0.4, 0.5) is 5.69 Å². The van der Waals surface area contributed by atoms with Crippen molar-refractivity contribution in [2.75, 3.05) is 11.9 Å². The molecule has 0 saturated heterocycles. The van der Waals surface area contributed by atoms with Gasteiger partial charge in [-0.1, -0.05) is 42.5 Å². The molecular formula is C26H22N2O3. The quantitative estimate of drug-likeness (QED) is 0.411. The number of hydrogen-bond acceptors (Lipinski definition) is 4. The topological polar surface area (TPSA) is 68.3 Å². The molecule has 0 aliphatic carbocycles. The van der Waals surface area contributed by atoms with Crippen molar-refractivity contribution in [3.63, 3.8) is 0 Å². The van der Waals surface area contributed by atoms with E-state index in [0.29, 0.717) is 34.6 Å². The fourth-order valence-electron chi connectivity index (χ4n) is 3.51. The van der Waals surface area contributed by atoms with Gasteiger partial charge in [-0.05, 0) is 50.2 Å². The number of hydrogen-bond donors (Lipinski definition) is 1. The molecule has 1 heterocycles. The first-order chi connectivity index (χ1) is 15.1. The first kappa shape index (κ1) is 20.3. The summed E-state index contributed by atoms with van der Waals surface area (Å²) in [5.41, 5.74) is 3.69. The summed E-state index contributed by atoms with van der Waals surface area (Å²) in [4.78, 5) is 30.0. The smallest absolute Gasteiger partial charge is 0.256 e. The second kappa shape index (κ2) is 8.79. The van der Waals surface area contributed by atoms with E-state index in [1.807, 2.05) is 55.5 Å². The van der Waals surface area contributed by atoms with Gasteiger partial charge in [0.05, 0.1) is 29.1 Å². The van der Waals surface area contributed by atoms with Gasteiger partial charge >= 0.3 is 0 Å². The molecule has 1 N–H and O–H groups in total. The van der Waals surface area contributed by atoms with Crippen molar-refractivity contribution < 1.29 is 14.3 Å². The van der Waals surface area contributed by atoms with Crippen LogP contribution in [0, 0.1) is 0 Å². The lowest BCUT2D eigenvalue weighted by Crippen LogP contribution is -2.15. The van der Waals surface area contributed by atoms with E-state index >= 15 is 0 Å². The Bertz CT molecular complexity index is 1280. The van der Waals surface area contributed by atoms with Crippen molar-refractivity contribution in [3.05, 3.63) is 90.0 Å². The van der Waals surface area contributed by atoms with Crippen molar-refractivity contribution in [2.24, 2.45) is 0 Å². The van der Waals surface area contributed by atoms with Crippen molar-refractivity contribution in [3.8, 4) is 17.0 Å². The van der Waals surface area contributed by atoms with Gasteiger partial charge in [0.1, 0.15) is 5.75 Å². The molecule has 5 heteroatoms. The standard InChI is InChI=1S/C26H22N2O3/c1-3-31-19-10-8-9-18(15-19)25-16-22(21-12-5-7-14-24(21)27-25)26(30)28-23-13-6-4-11-20(23)17(2)29/h4-16H,3H2,1-2H3,(H,28,30). The summed E-state index contributed by atoms with van der Waals surface area (Å²) in [7, 11) is 0. The number of Topliss-reactive ketones (excluding diaryl/α,β-unsaturated/α-hetero) is 1. The number of ether oxygens (including phenoxy) is 1. The van der Waals surface area contributed by atoms with Gasteiger partial charge in [-0.15, -0.1) is 0 Å². The van der Waals surface area contributed by atoms with Gasteiger partial charge in [-0.25, -0.2) is 4.98 Å². The molecule has 0 spiro atoms. The number of para-hydroxylation sites is 2. The second-order valence-corrected chi connectivity index (χ2v) is 7.09. The Labute approximate surface area is 180 Å². The fourth-order valence-corrected chi connectivity index (χ4v) is 3.51. The third kappa shape index (κ3) is 4.31. The number of ketones is 1. The van der Waals surface area contributed by atoms with E-state index in [1.54, 1.807) is 30.3 Å². The highest BCUT2D eigenvalue weighted by Gasteiger charge is 2.16. The Morgan fingerprint density at radius 2 is 1.68 bits per heavy atom. The van der Waals surface area contributed by atoms with E-state index in [4.69, 9.17) is 9.72 Å². The molecule has 154 valence electrons. The Morgan fingerprint density at radius 3 is 2.48 bits per heavy atom. The van der Waals surface area contributed by atoms with Gasteiger partial charge in [0.15, 0.2) is 5.78 Å². The molecule has 1 aromatic heterocycles. The SMILES string of the molecule is CCOc1cccc(-c2cc(C(=O)Nc3ccccc3C(C)=O)c3ccccc3n2)c1. The number of benzene rings is 3. The minimum atomic E-state index is -0.297. The Hall–Kier alpha value is -3.99. The minimum Gasteiger partial charge on any atom is -0.494 e. The Morgan fingerprint density at radius 1 is 0.903 bits per heavy atom. The molecule has 4 rings (SSSR count). The van der Waals surface area contributed by atoms with E-state index in [9.17, 15) is 9.59 Å². The molecule has 0 bridgehead atoms. The summed E-state index contributed by atoms with van der Waals surface area (Å²) < 4.78 is 5.61. The Balaban J connectivity index is 1.80. The monoisotopic (exact) mass is 410 g/mol. The zero-order valence-electron chi connectivity index (χ0n) is 17.4. The fraction of sp³-hybridized carbons (Fsp3) is 0.115. The molecule has 0 unspecified atom stereocenters. The summed E-state index contributed by atoms with van der Waals surface area (Å²) in [5.74, 6) is 0.342. The molecule has 0 saturated carbocycles. The van der Waals surface area contributed by atoms with Crippen LogP contribution < -0.4 is 10.1 Å². The maximum Gasteiger partial charge on any atom is 0.256 e. The largest absolute Gasteiger partial charge is 0.494 e. The summed E-state index contributed by atoms with van der Waals surface area (Å²) in [5, 5.41) is 3.64. The van der Waals surface area contributed by atoms with Gasteiger partial charge in [0, 0.05) is 16.5 Å². The lowest BCUT2D eigenvalue weighted by atomic mass is 10.0. The molecule has 0 aliphatic rings. The highest BCUT2D eigenvalue weighted by Crippen LogP contribution is 2.28. The summed E-state index contributed by atoms with van der Waals surface area (Å²) in [6.07, 6.45) is 0. The van der Waals surface area contributed by atoms with E-state index in [1.165, 1.54) is 6.92 Å². The average molecular weight is 410 g/mol. The zero-order valence-corrected chi connectivity index (χ0v) is 17.4. The van der Waals surface area contributed by atoms with Crippen molar-refractivity contribution in [1.29, 1.82) is 0 Å². The summed E-state index contributed by atoms with van der Waals surface area (Å²) >= 11 is 0. The first-order valence-corrected chi connectivity index (χ1v) is 10.1. The number of aromatic nitrogens is 1. The number of carbonyl (C=O) groups is 2. The van der Waals surface area contributed by atoms with Crippen LogP contribution in [0.3, 0.4) is 0 Å². The molecule has 0 atom stereocenters. The van der Waals surface area contributed by atoms with Gasteiger partial charge in [0.25, 0.3) is 5.91 Å². The molecule has 0 fully saturated rings. The van der Waals surface area contributed by atoms with Crippen LogP contribution in [0.25, 0.3) is 22.2 Å². The van der Waals surface area contributed by atoms with Crippen LogP contribution in [0.15, 0.2) is 78.9 Å². The lowest BCUT2D eigenvalue weighted by Gasteiger charge is -2.13. The molecule has 0 radical (unpaired) electrons. The maximum atomic E-state index is 13.3. The van der Waals surface area contributed by atoms with Gasteiger partial charge in [0.2, 0.25) is 0 Å². The molecule has 31 heavy (non-hydrogen) atoms. The minimum absolute atomic E-state index is 0.107. The molecule has 5 nitrogen and oxygen atoms in total. The van der Waals surface area contributed by atoms with Crippen LogP contribution >= 0.6 is 0 Å². The molecule has 1 amide bonds. The van der Waals surface area contributed by atoms with Crippen LogP contribution in [-0.4, -0.2) is 23.3 Å². The van der Waals surface area contributed by atoms with Crippen LogP contribution in [-0.2, 0) is 0 Å². The first-order valence-electron chi connectivity index (χ1n) is 10.1. The summed E-state index contributed by atoms with van der Waals surface area (Å²) in [6.45, 7) is 3.98. The second-order valence-electron chi connectivity index (χ2n) is 7.09. The number of amides is 1. The highest BCUT2D eigenvalue weighted by molar-refractivity contribution is 6.15. The number of nitrogens with one attached hydrogen (secondary N) is 1. The average Bonchev–Trinajstić information content (AvgIpc) is 2.79. The maximum absolute atomic E-state index is 13.3. The predicted octanol–water partition coefficient (Wildman–Crippen LogP) is 5.76. The number of rotatable bonds is 6. The third-order valence-electron chi connectivity index (χ3n) is 4.96. The van der Waals surface area contributed by atoms with E-state index < -0.39 is 0 Å². The van der Waals surface area contributed by atoms with E-state index in [-0.39, 0.29) is 11.7 Å². The van der Waals surface area contributed by atoms with Gasteiger partial charge in [-0.3, -0.25) is 9.59 Å². The number of anilines is 1. The van der Waals surface area contributed by atoms with Gasteiger partial charge in [-0.2, -0.15) is 0 Å². The van der Waals surface area contributed by atoms with Gasteiger partial charge < -0.3 is 10.1 Å². The number of fused-ring (bicyclic) bond motifs is 1. The number of carbonyl (C=O) groups excluding carboxylic acids is 2. The molecular weight excluding hydrogens is 388 g/mol. The van der Waals surface area contributed by atoms with E-state index in [0.717, 1.165) is 16.7 Å². The lowest BCUT2D eigenvalue weighted by molar-refractivity contribution is 0.101. The van der Waals surface area contributed by atoms with Crippen molar-refractivity contribution in [1.82, 2.24) is 4.98 Å². The Kier molecular flexibility index (Phi) is 5.76. The highest BCUT2D eigenvalue weighted by atomic mass is 16.5. The normalized spacial score (nSPS) is 10.6. The van der Waals surface area contributed by atoms with E-state index in [2.05, 4.69) is 5.32 Å². The predicted molar refractivity (Wildman–Crippen MR) is 123 cm³/mol. The number of pyridine rings is 1. The summed E-state index contributed by atoms with van der Waals surface area (Å²) in [6, 6.07) is 23.9. The third-order valence-corrected chi connectivity index (χ3v) is 4.96. The molecule has 0 aliphatic heterocycles. The molecule has 3 aromatic carbocycles. The van der Waals surface area contributed by atoms with Crippen LogP contribution in [0.2, 0.25) is 0 Å². The number of nitrogens with zero attached hydrogens (tertiary/aromatic N) is 1. The van der Waals surface area contributed by atoms with Crippen molar-refractivity contribution >= 4 is 28.3 Å². The van der Waals surface area contributed by atoms with Crippen LogP contribution in [0.5, 0.6) is 5.75 Å². The van der Waals surface area contributed by atoms with Crippen molar-refractivity contribution in [2.45, 2.75) is 13.8 Å².